The lowest BCUT2D eigenvalue weighted by Gasteiger charge is -2.09. The van der Waals surface area contributed by atoms with Gasteiger partial charge in [0.2, 0.25) is 5.91 Å². The van der Waals surface area contributed by atoms with Gasteiger partial charge in [0.1, 0.15) is 5.69 Å². The zero-order valence-corrected chi connectivity index (χ0v) is 13.6. The number of hydrogen-bond acceptors (Lipinski definition) is 3. The molecule has 0 fully saturated rings. The van der Waals surface area contributed by atoms with E-state index in [4.69, 9.17) is 4.42 Å². The molecule has 3 aromatic rings. The van der Waals surface area contributed by atoms with E-state index in [1.807, 2.05) is 0 Å². The number of nitrogens with zero attached hydrogens (tertiary/aromatic N) is 1. The summed E-state index contributed by atoms with van der Waals surface area (Å²) >= 11 is 0. The molecule has 7 heteroatoms. The fourth-order valence-corrected chi connectivity index (χ4v) is 2.45. The maximum Gasteiger partial charge on any atom is 0.416 e. The summed E-state index contributed by atoms with van der Waals surface area (Å²) in [6.45, 7) is 0.244. The second-order valence-electron chi connectivity index (χ2n) is 5.68. The van der Waals surface area contributed by atoms with Crippen molar-refractivity contribution in [2.75, 3.05) is 0 Å². The van der Waals surface area contributed by atoms with E-state index < -0.39 is 11.7 Å². The highest BCUT2D eigenvalue weighted by molar-refractivity contribution is 5.78. The van der Waals surface area contributed by atoms with E-state index in [1.54, 1.807) is 36.7 Å². The molecule has 1 N–H and O–H groups in total. The largest absolute Gasteiger partial charge is 0.463 e. The molecule has 0 radical (unpaired) electrons. The Labute approximate surface area is 147 Å². The first kappa shape index (κ1) is 17.7. The molecule has 134 valence electrons. The minimum atomic E-state index is -4.42. The van der Waals surface area contributed by atoms with Crippen molar-refractivity contribution in [2.45, 2.75) is 19.1 Å². The van der Waals surface area contributed by atoms with E-state index in [1.165, 1.54) is 12.1 Å². The monoisotopic (exact) mass is 360 g/mol. The van der Waals surface area contributed by atoms with Crippen molar-refractivity contribution >= 4 is 5.91 Å². The topological polar surface area (TPSA) is 55.1 Å². The molecule has 0 aliphatic rings. The van der Waals surface area contributed by atoms with Gasteiger partial charge in [-0.2, -0.15) is 13.2 Å². The van der Waals surface area contributed by atoms with E-state index in [9.17, 15) is 18.0 Å². The number of nitrogens with one attached hydrogen (secondary N) is 1. The second-order valence-corrected chi connectivity index (χ2v) is 5.68. The number of carbonyl (C=O) groups is 1. The molecule has 0 saturated heterocycles. The number of pyridine rings is 1. The number of benzene rings is 1. The number of furan rings is 1. The molecule has 2 aromatic heterocycles. The van der Waals surface area contributed by atoms with Crippen LogP contribution in [-0.4, -0.2) is 10.9 Å². The van der Waals surface area contributed by atoms with Gasteiger partial charge >= 0.3 is 6.18 Å². The number of amides is 1. The van der Waals surface area contributed by atoms with Crippen molar-refractivity contribution in [3.05, 3.63) is 77.7 Å². The van der Waals surface area contributed by atoms with Gasteiger partial charge in [0.05, 0.1) is 18.2 Å². The third-order valence-electron chi connectivity index (χ3n) is 3.71. The van der Waals surface area contributed by atoms with Gasteiger partial charge in [-0.1, -0.05) is 18.2 Å². The highest BCUT2D eigenvalue weighted by Crippen LogP contribution is 2.29. The summed E-state index contributed by atoms with van der Waals surface area (Å²) in [6, 6.07) is 11.8. The van der Waals surface area contributed by atoms with Crippen LogP contribution in [0.15, 0.2) is 65.4 Å². The van der Waals surface area contributed by atoms with Crippen LogP contribution in [0, 0.1) is 0 Å². The van der Waals surface area contributed by atoms with Crippen LogP contribution in [0.2, 0.25) is 0 Å². The number of rotatable bonds is 5. The zero-order valence-electron chi connectivity index (χ0n) is 13.6. The third kappa shape index (κ3) is 4.50. The lowest BCUT2D eigenvalue weighted by atomic mass is 10.1. The summed E-state index contributed by atoms with van der Waals surface area (Å²) in [6.07, 6.45) is -1.40. The number of halogens is 3. The van der Waals surface area contributed by atoms with Crippen LogP contribution in [0.4, 0.5) is 13.2 Å². The van der Waals surface area contributed by atoms with Crippen LogP contribution in [0.3, 0.4) is 0 Å². The highest BCUT2D eigenvalue weighted by atomic mass is 19.4. The Morgan fingerprint density at radius 2 is 1.92 bits per heavy atom. The first-order valence-electron chi connectivity index (χ1n) is 7.83. The van der Waals surface area contributed by atoms with Crippen molar-refractivity contribution in [3.8, 4) is 11.5 Å². The lowest BCUT2D eigenvalue weighted by molar-refractivity contribution is -0.137. The number of hydrogen-bond donors (Lipinski definition) is 1. The smallest absolute Gasteiger partial charge is 0.416 e. The van der Waals surface area contributed by atoms with E-state index in [2.05, 4.69) is 10.3 Å². The van der Waals surface area contributed by atoms with Crippen molar-refractivity contribution < 1.29 is 22.4 Å². The molecule has 1 aromatic carbocycles. The molecule has 26 heavy (non-hydrogen) atoms. The maximum absolute atomic E-state index is 12.7. The van der Waals surface area contributed by atoms with Gasteiger partial charge in [-0.15, -0.1) is 0 Å². The van der Waals surface area contributed by atoms with Gasteiger partial charge in [0, 0.05) is 12.7 Å². The molecule has 0 unspecified atom stereocenters. The normalized spacial score (nSPS) is 11.3. The second kappa shape index (κ2) is 7.43. The minimum Gasteiger partial charge on any atom is -0.463 e. The quantitative estimate of drug-likeness (QED) is 0.741. The average Bonchev–Trinajstić information content (AvgIpc) is 3.14. The first-order chi connectivity index (χ1) is 12.4. The Balaban J connectivity index is 1.60. The van der Waals surface area contributed by atoms with Crippen molar-refractivity contribution in [2.24, 2.45) is 0 Å². The molecule has 4 nitrogen and oxygen atoms in total. The van der Waals surface area contributed by atoms with Gasteiger partial charge in [0.15, 0.2) is 5.76 Å². The van der Waals surface area contributed by atoms with Crippen LogP contribution < -0.4 is 5.32 Å². The molecule has 0 spiro atoms. The van der Waals surface area contributed by atoms with E-state index in [0.29, 0.717) is 17.0 Å². The summed E-state index contributed by atoms with van der Waals surface area (Å²) in [5.74, 6) is 0.253. The Bertz CT molecular complexity index is 890. The van der Waals surface area contributed by atoms with Crippen LogP contribution in [-0.2, 0) is 23.9 Å². The van der Waals surface area contributed by atoms with Gasteiger partial charge in [-0.25, -0.2) is 0 Å². The molecular formula is C19H15F3N2O2. The van der Waals surface area contributed by atoms with Gasteiger partial charge in [-0.3, -0.25) is 9.78 Å². The Morgan fingerprint density at radius 1 is 1.08 bits per heavy atom. The Hall–Kier alpha value is -3.09. The third-order valence-corrected chi connectivity index (χ3v) is 3.71. The van der Waals surface area contributed by atoms with Crippen LogP contribution in [0.25, 0.3) is 11.5 Å². The van der Waals surface area contributed by atoms with Gasteiger partial charge < -0.3 is 9.73 Å². The van der Waals surface area contributed by atoms with Crippen LogP contribution >= 0.6 is 0 Å². The van der Waals surface area contributed by atoms with Crippen LogP contribution in [0.5, 0.6) is 0 Å². The van der Waals surface area contributed by atoms with E-state index >= 15 is 0 Å². The van der Waals surface area contributed by atoms with Gasteiger partial charge in [0.25, 0.3) is 0 Å². The van der Waals surface area contributed by atoms with Gasteiger partial charge in [-0.05, 0) is 41.5 Å². The molecule has 0 bridgehead atoms. The molecule has 0 aliphatic carbocycles. The number of carbonyl (C=O) groups excluding carboxylic acids is 1. The highest BCUT2D eigenvalue weighted by Gasteiger charge is 2.30. The summed E-state index contributed by atoms with van der Waals surface area (Å²) < 4.78 is 43.4. The molecule has 3 rings (SSSR count). The fourth-order valence-electron chi connectivity index (χ4n) is 2.45. The van der Waals surface area contributed by atoms with Crippen molar-refractivity contribution in [3.63, 3.8) is 0 Å². The summed E-state index contributed by atoms with van der Waals surface area (Å²) in [7, 11) is 0. The molecule has 0 saturated carbocycles. The number of alkyl halides is 3. The number of aromatic nitrogens is 1. The molecule has 2 heterocycles. The molecular weight excluding hydrogens is 345 g/mol. The zero-order chi connectivity index (χ0) is 18.6. The Kier molecular flexibility index (Phi) is 5.06. The SMILES string of the molecule is O=C(Cc1cccc(C(F)(F)F)c1)NCc1ccnc(-c2ccco2)c1. The Morgan fingerprint density at radius 3 is 2.65 bits per heavy atom. The molecule has 1 amide bonds. The predicted octanol–water partition coefficient (Wildman–Crippen LogP) is 4.22. The molecule has 0 atom stereocenters. The fraction of sp³-hybridized carbons (Fsp3) is 0.158. The van der Waals surface area contributed by atoms with Crippen LogP contribution in [0.1, 0.15) is 16.7 Å². The van der Waals surface area contributed by atoms with E-state index in [-0.39, 0.29) is 18.9 Å². The molecule has 0 aliphatic heterocycles. The minimum absolute atomic E-state index is 0.125. The van der Waals surface area contributed by atoms with Crippen molar-refractivity contribution in [1.82, 2.24) is 10.3 Å². The predicted molar refractivity (Wildman–Crippen MR) is 88.9 cm³/mol. The maximum atomic E-state index is 12.7. The van der Waals surface area contributed by atoms with E-state index in [0.717, 1.165) is 17.7 Å². The van der Waals surface area contributed by atoms with Crippen molar-refractivity contribution in [1.29, 1.82) is 0 Å². The first-order valence-corrected chi connectivity index (χ1v) is 7.83. The average molecular weight is 360 g/mol. The summed E-state index contributed by atoms with van der Waals surface area (Å²) in [4.78, 5) is 16.2. The lowest BCUT2D eigenvalue weighted by Crippen LogP contribution is -2.24. The standard InChI is InChI=1S/C19H15F3N2O2/c20-19(21,22)15-4-1-3-13(9-15)11-18(25)24-12-14-6-7-23-16(10-14)17-5-2-8-26-17/h1-10H,11-12H2,(H,24,25). The summed E-state index contributed by atoms with van der Waals surface area (Å²) in [5.41, 5.74) is 0.992. The summed E-state index contributed by atoms with van der Waals surface area (Å²) in [5, 5.41) is 2.70.